The largest absolute Gasteiger partial charge is 0.335 e. The Morgan fingerprint density at radius 2 is 1.92 bits per heavy atom. The van der Waals surface area contributed by atoms with Crippen molar-refractivity contribution in [3.8, 4) is 5.69 Å². The first-order valence-electron chi connectivity index (χ1n) is 8.21. The van der Waals surface area contributed by atoms with E-state index in [0.717, 1.165) is 62.4 Å². The first-order valence-corrected chi connectivity index (χ1v) is 8.97. The molecule has 1 N–H and O–H groups in total. The second-order valence-electron chi connectivity index (χ2n) is 6.18. The number of nitrogens with one attached hydrogen (secondary N) is 1. The quantitative estimate of drug-likeness (QED) is 0.841. The number of hydrogen-bond acceptors (Lipinski definition) is 3. The van der Waals surface area contributed by atoms with Crippen LogP contribution in [-0.4, -0.2) is 46.8 Å². The Labute approximate surface area is 162 Å². The average molecular weight is 402 g/mol. The maximum atomic E-state index is 12.9. The van der Waals surface area contributed by atoms with Crippen LogP contribution in [0.2, 0.25) is 10.0 Å². The normalized spacial score (nSPS) is 16.5. The number of halogens is 3. The van der Waals surface area contributed by atoms with Gasteiger partial charge < -0.3 is 10.2 Å². The molecule has 1 aromatic carbocycles. The maximum Gasteiger partial charge on any atom is 0.274 e. The van der Waals surface area contributed by atoms with Crippen molar-refractivity contribution in [3.63, 3.8) is 0 Å². The smallest absolute Gasteiger partial charge is 0.274 e. The van der Waals surface area contributed by atoms with Crippen LogP contribution in [0.25, 0.3) is 5.69 Å². The molecule has 0 unspecified atom stereocenters. The van der Waals surface area contributed by atoms with E-state index >= 15 is 0 Å². The summed E-state index contributed by atoms with van der Waals surface area (Å²) >= 11 is 12.4. The third-order valence-electron chi connectivity index (χ3n) is 4.67. The van der Waals surface area contributed by atoms with E-state index in [0.29, 0.717) is 15.7 Å². The minimum atomic E-state index is 0. The van der Waals surface area contributed by atoms with Crippen LogP contribution in [0.5, 0.6) is 0 Å². The Balaban J connectivity index is 0.00000182. The Morgan fingerprint density at radius 3 is 2.64 bits per heavy atom. The molecule has 8 heteroatoms. The second-order valence-corrected chi connectivity index (χ2v) is 7.02. The van der Waals surface area contributed by atoms with E-state index < -0.39 is 0 Å². The molecule has 0 saturated carbocycles. The highest BCUT2D eigenvalue weighted by Crippen LogP contribution is 2.32. The molecule has 2 aromatic rings. The van der Waals surface area contributed by atoms with Crippen molar-refractivity contribution in [2.45, 2.75) is 19.3 Å². The van der Waals surface area contributed by atoms with E-state index in [9.17, 15) is 4.79 Å². The first-order chi connectivity index (χ1) is 11.6. The second kappa shape index (κ2) is 7.54. The van der Waals surface area contributed by atoms with Gasteiger partial charge in [0.2, 0.25) is 0 Å². The molecule has 1 fully saturated rings. The van der Waals surface area contributed by atoms with E-state index in [-0.39, 0.29) is 18.3 Å². The van der Waals surface area contributed by atoms with E-state index in [2.05, 4.69) is 10.4 Å². The highest BCUT2D eigenvalue weighted by atomic mass is 35.5. The lowest BCUT2D eigenvalue weighted by atomic mass is 10.1. The zero-order valence-corrected chi connectivity index (χ0v) is 15.9. The highest BCUT2D eigenvalue weighted by molar-refractivity contribution is 6.35. The molecule has 1 aliphatic carbocycles. The SMILES string of the molecule is Cl.O=C(c1nn(-c2ccc(Cl)cc2Cl)c2c1CCC2)N1CCNCC1. The molecular weight excluding hydrogens is 383 g/mol. The number of hydrogen-bond donors (Lipinski definition) is 1. The van der Waals surface area contributed by atoms with Gasteiger partial charge in [-0.3, -0.25) is 4.79 Å². The van der Waals surface area contributed by atoms with Gasteiger partial charge in [0.1, 0.15) is 0 Å². The molecule has 0 radical (unpaired) electrons. The minimum absolute atomic E-state index is 0. The fraction of sp³-hybridized carbons (Fsp3) is 0.412. The zero-order valence-electron chi connectivity index (χ0n) is 13.6. The molecule has 1 saturated heterocycles. The van der Waals surface area contributed by atoms with Crippen molar-refractivity contribution < 1.29 is 4.79 Å². The van der Waals surface area contributed by atoms with Crippen molar-refractivity contribution in [2.75, 3.05) is 26.2 Å². The summed E-state index contributed by atoms with van der Waals surface area (Å²) in [7, 11) is 0. The van der Waals surface area contributed by atoms with Gasteiger partial charge in [-0.1, -0.05) is 23.2 Å². The van der Waals surface area contributed by atoms with Crippen molar-refractivity contribution >= 4 is 41.5 Å². The topological polar surface area (TPSA) is 50.2 Å². The standard InChI is InChI=1S/C17H18Cl2N4O.ClH/c18-11-4-5-15(13(19)10-11)23-14-3-1-2-12(14)16(21-23)17(24)22-8-6-20-7-9-22;/h4-5,10,20H,1-3,6-9H2;1H. The number of rotatable bonds is 2. The van der Waals surface area contributed by atoms with Crippen LogP contribution in [0.1, 0.15) is 28.2 Å². The lowest BCUT2D eigenvalue weighted by Crippen LogP contribution is -2.46. The van der Waals surface area contributed by atoms with Crippen molar-refractivity contribution in [1.29, 1.82) is 0 Å². The van der Waals surface area contributed by atoms with Crippen LogP contribution >= 0.6 is 35.6 Å². The van der Waals surface area contributed by atoms with Crippen LogP contribution in [0.4, 0.5) is 0 Å². The molecule has 0 atom stereocenters. The van der Waals surface area contributed by atoms with Crippen LogP contribution in [-0.2, 0) is 12.8 Å². The molecule has 1 aliphatic heterocycles. The summed E-state index contributed by atoms with van der Waals surface area (Å²) < 4.78 is 1.83. The summed E-state index contributed by atoms with van der Waals surface area (Å²) in [5.41, 5.74) is 3.52. The molecule has 2 heterocycles. The summed E-state index contributed by atoms with van der Waals surface area (Å²) in [4.78, 5) is 14.8. The van der Waals surface area contributed by atoms with Crippen LogP contribution in [0.3, 0.4) is 0 Å². The minimum Gasteiger partial charge on any atom is -0.335 e. The summed E-state index contributed by atoms with van der Waals surface area (Å²) in [6.07, 6.45) is 2.85. The lowest BCUT2D eigenvalue weighted by Gasteiger charge is -2.26. The number of aromatic nitrogens is 2. The van der Waals surface area contributed by atoms with Crippen molar-refractivity contribution in [1.82, 2.24) is 20.0 Å². The Hall–Kier alpha value is -1.27. The fourth-order valence-corrected chi connectivity index (χ4v) is 3.97. The molecular formula is C17H19Cl3N4O. The summed E-state index contributed by atoms with van der Waals surface area (Å²) in [6.45, 7) is 3.11. The fourth-order valence-electron chi connectivity index (χ4n) is 3.48. The third-order valence-corrected chi connectivity index (χ3v) is 5.21. The Bertz CT molecular complexity index is 799. The molecule has 1 amide bonds. The van der Waals surface area contributed by atoms with E-state index in [1.165, 1.54) is 0 Å². The number of piperazine rings is 1. The average Bonchev–Trinajstić information content (AvgIpc) is 3.18. The Kier molecular flexibility index (Phi) is 5.58. The van der Waals surface area contributed by atoms with Gasteiger partial charge in [0.15, 0.2) is 5.69 Å². The number of benzene rings is 1. The molecule has 134 valence electrons. The molecule has 0 bridgehead atoms. The van der Waals surface area contributed by atoms with Gasteiger partial charge in [-0.25, -0.2) is 4.68 Å². The predicted octanol–water partition coefficient (Wildman–Crippen LogP) is 3.14. The number of amides is 1. The van der Waals surface area contributed by atoms with E-state index in [1.807, 2.05) is 15.6 Å². The van der Waals surface area contributed by atoms with Crippen LogP contribution in [0.15, 0.2) is 18.2 Å². The molecule has 1 aromatic heterocycles. The monoisotopic (exact) mass is 400 g/mol. The van der Waals surface area contributed by atoms with E-state index in [4.69, 9.17) is 23.2 Å². The number of carbonyl (C=O) groups excluding carboxylic acids is 1. The van der Waals surface area contributed by atoms with Gasteiger partial charge in [-0.15, -0.1) is 12.4 Å². The third kappa shape index (κ3) is 3.38. The maximum absolute atomic E-state index is 12.9. The first kappa shape index (κ1) is 18.5. The van der Waals surface area contributed by atoms with Crippen molar-refractivity contribution in [2.24, 2.45) is 0 Å². The molecule has 0 spiro atoms. The van der Waals surface area contributed by atoms with Crippen LogP contribution in [0, 0.1) is 0 Å². The molecule has 5 nitrogen and oxygen atoms in total. The van der Waals surface area contributed by atoms with E-state index in [1.54, 1.807) is 12.1 Å². The van der Waals surface area contributed by atoms with Gasteiger partial charge in [0.05, 0.1) is 10.7 Å². The molecule has 2 aliphatic rings. The summed E-state index contributed by atoms with van der Waals surface area (Å²) in [5.74, 6) is 0.0264. The van der Waals surface area contributed by atoms with Gasteiger partial charge >= 0.3 is 0 Å². The number of carbonyl (C=O) groups is 1. The summed E-state index contributed by atoms with van der Waals surface area (Å²) in [6, 6.07) is 5.36. The van der Waals surface area contributed by atoms with Crippen LogP contribution < -0.4 is 5.32 Å². The van der Waals surface area contributed by atoms with Gasteiger partial charge in [-0.05, 0) is 37.5 Å². The highest BCUT2D eigenvalue weighted by Gasteiger charge is 2.30. The zero-order chi connectivity index (χ0) is 16.7. The predicted molar refractivity (Wildman–Crippen MR) is 102 cm³/mol. The summed E-state index contributed by atoms with van der Waals surface area (Å²) in [5, 5.41) is 9.04. The van der Waals surface area contributed by atoms with Gasteiger partial charge in [-0.2, -0.15) is 5.10 Å². The molecule has 4 rings (SSSR count). The Morgan fingerprint density at radius 1 is 1.16 bits per heavy atom. The lowest BCUT2D eigenvalue weighted by molar-refractivity contribution is 0.0728. The van der Waals surface area contributed by atoms with Crippen molar-refractivity contribution in [3.05, 3.63) is 45.2 Å². The molecule has 25 heavy (non-hydrogen) atoms. The number of nitrogens with zero attached hydrogens (tertiary/aromatic N) is 3. The van der Waals surface area contributed by atoms with Gasteiger partial charge in [0.25, 0.3) is 5.91 Å². The van der Waals surface area contributed by atoms with Gasteiger partial charge in [0, 0.05) is 42.5 Å². The number of fused-ring (bicyclic) bond motifs is 1.